The number of alkyl carbamates (subject to hydrolysis) is 1. The second-order valence-corrected chi connectivity index (χ2v) is 9.50. The number of hydrogen-bond donors (Lipinski definition) is 3. The molecular formula is C28H34N2O5. The molecule has 0 aromatic heterocycles. The summed E-state index contributed by atoms with van der Waals surface area (Å²) in [6, 6.07) is 16.5. The van der Waals surface area contributed by atoms with Crippen molar-refractivity contribution in [3.05, 3.63) is 59.7 Å². The number of rotatable bonds is 11. The summed E-state index contributed by atoms with van der Waals surface area (Å²) in [5.74, 6) is -0.745. The molecule has 1 saturated carbocycles. The summed E-state index contributed by atoms with van der Waals surface area (Å²) in [6.07, 6.45) is 4.59. The molecule has 2 aliphatic carbocycles. The Kier molecular flexibility index (Phi) is 8.40. The van der Waals surface area contributed by atoms with Gasteiger partial charge in [0.1, 0.15) is 6.61 Å². The zero-order valence-corrected chi connectivity index (χ0v) is 20.0. The van der Waals surface area contributed by atoms with Crippen LogP contribution >= 0.6 is 0 Å². The predicted molar refractivity (Wildman–Crippen MR) is 133 cm³/mol. The Balaban J connectivity index is 1.21. The first-order valence-corrected chi connectivity index (χ1v) is 12.6. The smallest absolute Gasteiger partial charge is 0.407 e. The molecule has 1 fully saturated rings. The lowest BCUT2D eigenvalue weighted by atomic mass is 9.95. The predicted octanol–water partition coefficient (Wildman–Crippen LogP) is 4.70. The van der Waals surface area contributed by atoms with Crippen LogP contribution in [0.4, 0.5) is 4.79 Å². The molecule has 2 aromatic carbocycles. The maximum atomic E-state index is 12.6. The first-order valence-electron chi connectivity index (χ1n) is 12.6. The highest BCUT2D eigenvalue weighted by Gasteiger charge is 2.33. The first kappa shape index (κ1) is 24.8. The Morgan fingerprint density at radius 3 is 2.26 bits per heavy atom. The van der Waals surface area contributed by atoms with Crippen molar-refractivity contribution in [2.45, 2.75) is 50.9 Å². The number of benzene rings is 2. The number of nitrogens with one attached hydrogen (secondary N) is 2. The van der Waals surface area contributed by atoms with Gasteiger partial charge in [-0.15, -0.1) is 0 Å². The van der Waals surface area contributed by atoms with Crippen molar-refractivity contribution in [1.82, 2.24) is 10.6 Å². The molecule has 2 aliphatic rings. The van der Waals surface area contributed by atoms with Gasteiger partial charge in [0.25, 0.3) is 0 Å². The van der Waals surface area contributed by atoms with E-state index in [1.807, 2.05) is 24.3 Å². The minimum atomic E-state index is -0.785. The van der Waals surface area contributed by atoms with Crippen LogP contribution in [0, 0.1) is 11.8 Å². The highest BCUT2D eigenvalue weighted by molar-refractivity contribution is 5.80. The zero-order valence-electron chi connectivity index (χ0n) is 20.0. The van der Waals surface area contributed by atoms with Crippen LogP contribution in [0.15, 0.2) is 48.5 Å². The average Bonchev–Trinajstić information content (AvgIpc) is 3.46. The molecule has 0 radical (unpaired) electrons. The van der Waals surface area contributed by atoms with Crippen molar-refractivity contribution >= 4 is 18.0 Å². The molecule has 186 valence electrons. The Morgan fingerprint density at radius 1 is 0.886 bits per heavy atom. The summed E-state index contributed by atoms with van der Waals surface area (Å²) in [7, 11) is 0. The number of unbranched alkanes of at least 4 members (excludes halogenated alkanes) is 2. The van der Waals surface area contributed by atoms with Gasteiger partial charge in [0, 0.05) is 31.3 Å². The number of ether oxygens (including phenoxy) is 1. The molecule has 2 atom stereocenters. The van der Waals surface area contributed by atoms with Gasteiger partial charge in [-0.1, -0.05) is 61.4 Å². The van der Waals surface area contributed by atoms with Gasteiger partial charge in [0.2, 0.25) is 5.91 Å². The Bertz CT molecular complexity index is 1010. The fraction of sp³-hybridized carbons (Fsp3) is 0.464. The van der Waals surface area contributed by atoms with E-state index in [1.54, 1.807) is 0 Å². The molecule has 0 bridgehead atoms. The second kappa shape index (κ2) is 11.9. The fourth-order valence-electron chi connectivity index (χ4n) is 5.41. The Hall–Kier alpha value is -3.35. The third-order valence-electron chi connectivity index (χ3n) is 7.21. The van der Waals surface area contributed by atoms with Crippen LogP contribution in [-0.2, 0) is 14.3 Å². The Morgan fingerprint density at radius 2 is 1.57 bits per heavy atom. The van der Waals surface area contributed by atoms with E-state index in [0.29, 0.717) is 19.5 Å². The van der Waals surface area contributed by atoms with Gasteiger partial charge in [0.15, 0.2) is 0 Å². The maximum absolute atomic E-state index is 12.6. The van der Waals surface area contributed by atoms with E-state index in [9.17, 15) is 14.4 Å². The average molecular weight is 479 g/mol. The lowest BCUT2D eigenvalue weighted by Gasteiger charge is -2.20. The number of amides is 2. The molecule has 2 aromatic rings. The third-order valence-corrected chi connectivity index (χ3v) is 7.21. The van der Waals surface area contributed by atoms with Gasteiger partial charge in [0.05, 0.1) is 0 Å². The SMILES string of the molecule is O=C(O)CCCCCNC(=O)[C@H]1CCC[C@H]1CNC(=O)OCC1c2ccccc2-c2ccccc21. The number of carboxylic acids is 1. The summed E-state index contributed by atoms with van der Waals surface area (Å²) >= 11 is 0. The highest BCUT2D eigenvalue weighted by atomic mass is 16.5. The molecule has 4 rings (SSSR count). The number of carbonyl (C=O) groups excluding carboxylic acids is 2. The topological polar surface area (TPSA) is 105 Å². The molecule has 7 nitrogen and oxygen atoms in total. The quantitative estimate of drug-likeness (QED) is 0.406. The van der Waals surface area contributed by atoms with Crippen LogP contribution in [0.2, 0.25) is 0 Å². The van der Waals surface area contributed by atoms with Gasteiger partial charge in [-0.05, 0) is 53.9 Å². The highest BCUT2D eigenvalue weighted by Crippen LogP contribution is 2.44. The van der Waals surface area contributed by atoms with Gasteiger partial charge < -0.3 is 20.5 Å². The standard InChI is InChI=1S/C28H34N2O5/c31-26(32)15-2-1-7-16-29-27(33)20-14-8-9-19(20)17-30-28(34)35-18-25-23-12-5-3-10-21(23)22-11-4-6-13-24(22)25/h3-6,10-13,19-20,25H,1-2,7-9,14-18H2,(H,29,33)(H,30,34)(H,31,32)/t19-,20-/m0/s1. The first-order chi connectivity index (χ1) is 17.0. The molecule has 2 amide bonds. The molecule has 35 heavy (non-hydrogen) atoms. The largest absolute Gasteiger partial charge is 0.481 e. The summed E-state index contributed by atoms with van der Waals surface area (Å²) in [5.41, 5.74) is 4.74. The van der Waals surface area contributed by atoms with E-state index in [4.69, 9.17) is 9.84 Å². The van der Waals surface area contributed by atoms with Crippen molar-refractivity contribution in [2.24, 2.45) is 11.8 Å². The van der Waals surface area contributed by atoms with Crippen LogP contribution in [-0.4, -0.2) is 42.8 Å². The molecule has 3 N–H and O–H groups in total. The van der Waals surface area contributed by atoms with Crippen LogP contribution in [0.3, 0.4) is 0 Å². The summed E-state index contributed by atoms with van der Waals surface area (Å²) in [6.45, 7) is 1.26. The molecule has 0 aliphatic heterocycles. The third kappa shape index (κ3) is 6.21. The van der Waals surface area contributed by atoms with Crippen molar-refractivity contribution in [3.8, 4) is 11.1 Å². The lowest BCUT2D eigenvalue weighted by molar-refractivity contribution is -0.137. The summed E-state index contributed by atoms with van der Waals surface area (Å²) in [4.78, 5) is 35.7. The van der Waals surface area contributed by atoms with Crippen molar-refractivity contribution < 1.29 is 24.2 Å². The van der Waals surface area contributed by atoms with Crippen LogP contribution < -0.4 is 10.6 Å². The van der Waals surface area contributed by atoms with E-state index in [0.717, 1.165) is 32.1 Å². The van der Waals surface area contributed by atoms with Gasteiger partial charge in [-0.3, -0.25) is 9.59 Å². The maximum Gasteiger partial charge on any atom is 0.407 e. The number of hydrogen-bond acceptors (Lipinski definition) is 4. The molecule has 7 heteroatoms. The lowest BCUT2D eigenvalue weighted by Crippen LogP contribution is -2.38. The van der Waals surface area contributed by atoms with E-state index in [2.05, 4.69) is 34.9 Å². The normalized spacial score (nSPS) is 18.5. The number of carbonyl (C=O) groups is 3. The minimum Gasteiger partial charge on any atom is -0.481 e. The Labute approximate surface area is 206 Å². The van der Waals surface area contributed by atoms with Gasteiger partial charge in [-0.2, -0.15) is 0 Å². The van der Waals surface area contributed by atoms with Crippen molar-refractivity contribution in [1.29, 1.82) is 0 Å². The molecule has 0 spiro atoms. The summed E-state index contributed by atoms with van der Waals surface area (Å²) < 4.78 is 5.62. The number of fused-ring (bicyclic) bond motifs is 3. The van der Waals surface area contributed by atoms with Crippen LogP contribution in [0.25, 0.3) is 11.1 Å². The molecule has 0 heterocycles. The van der Waals surface area contributed by atoms with E-state index < -0.39 is 12.1 Å². The number of aliphatic carboxylic acids is 1. The fourth-order valence-corrected chi connectivity index (χ4v) is 5.41. The molecule has 0 saturated heterocycles. The van der Waals surface area contributed by atoms with Crippen molar-refractivity contribution in [3.63, 3.8) is 0 Å². The molecule has 0 unspecified atom stereocenters. The van der Waals surface area contributed by atoms with Gasteiger partial charge in [-0.25, -0.2) is 4.79 Å². The van der Waals surface area contributed by atoms with E-state index in [1.165, 1.54) is 22.3 Å². The molecular weight excluding hydrogens is 444 g/mol. The van der Waals surface area contributed by atoms with E-state index >= 15 is 0 Å². The summed E-state index contributed by atoms with van der Waals surface area (Å²) in [5, 5.41) is 14.5. The minimum absolute atomic E-state index is 0.0219. The van der Waals surface area contributed by atoms with Crippen LogP contribution in [0.1, 0.15) is 62.0 Å². The van der Waals surface area contributed by atoms with Gasteiger partial charge >= 0.3 is 12.1 Å². The number of carboxylic acid groups (broad SMARTS) is 1. The van der Waals surface area contributed by atoms with Crippen LogP contribution in [0.5, 0.6) is 0 Å². The zero-order chi connectivity index (χ0) is 24.6. The van der Waals surface area contributed by atoms with E-state index in [-0.39, 0.29) is 36.7 Å². The second-order valence-electron chi connectivity index (χ2n) is 9.50. The van der Waals surface area contributed by atoms with Crippen molar-refractivity contribution in [2.75, 3.05) is 19.7 Å². The monoisotopic (exact) mass is 478 g/mol.